The average Bonchev–Trinajstić information content (AvgIpc) is 2.86. The molecule has 3 nitrogen and oxygen atoms in total. The second-order valence-electron chi connectivity index (χ2n) is 6.95. The number of hydrogen-bond acceptors (Lipinski definition) is 2. The SMILES string of the molecule is CCCCCCCCC1CC(=O)CC1=CCCCCCC(=O)O. The molecule has 0 radical (unpaired) electrons. The summed E-state index contributed by atoms with van der Waals surface area (Å²) in [5.41, 5.74) is 1.36. The number of carbonyl (C=O) groups is 2. The highest BCUT2D eigenvalue weighted by molar-refractivity contribution is 5.84. The third-order valence-corrected chi connectivity index (χ3v) is 4.81. The van der Waals surface area contributed by atoms with E-state index in [1.807, 2.05) is 0 Å². The first-order valence-corrected chi connectivity index (χ1v) is 9.56. The van der Waals surface area contributed by atoms with Crippen LogP contribution in [0.1, 0.15) is 96.8 Å². The maximum absolute atomic E-state index is 11.7. The van der Waals surface area contributed by atoms with Gasteiger partial charge in [0.05, 0.1) is 0 Å². The minimum Gasteiger partial charge on any atom is -0.481 e. The number of ketones is 1. The lowest BCUT2D eigenvalue weighted by molar-refractivity contribution is -0.137. The highest BCUT2D eigenvalue weighted by Crippen LogP contribution is 2.33. The van der Waals surface area contributed by atoms with Crippen LogP contribution in [0.5, 0.6) is 0 Å². The summed E-state index contributed by atoms with van der Waals surface area (Å²) in [5, 5.41) is 8.61. The van der Waals surface area contributed by atoms with E-state index in [1.165, 1.54) is 50.5 Å². The fourth-order valence-corrected chi connectivity index (χ4v) is 3.43. The molecule has 23 heavy (non-hydrogen) atoms. The Labute approximate surface area is 141 Å². The molecule has 0 aliphatic heterocycles. The molecule has 3 heteroatoms. The summed E-state index contributed by atoms with van der Waals surface area (Å²) in [6.07, 6.45) is 16.7. The number of carbonyl (C=O) groups excluding carboxylic acids is 1. The zero-order valence-electron chi connectivity index (χ0n) is 14.8. The molecule has 0 bridgehead atoms. The van der Waals surface area contributed by atoms with Crippen molar-refractivity contribution in [1.29, 1.82) is 0 Å². The van der Waals surface area contributed by atoms with Gasteiger partial charge in [0.15, 0.2) is 0 Å². The molecule has 1 fully saturated rings. The maximum atomic E-state index is 11.7. The summed E-state index contributed by atoms with van der Waals surface area (Å²) in [6.45, 7) is 2.24. The van der Waals surface area contributed by atoms with Crippen molar-refractivity contribution in [2.45, 2.75) is 96.8 Å². The molecule has 0 aromatic carbocycles. The van der Waals surface area contributed by atoms with Crippen molar-refractivity contribution in [1.82, 2.24) is 0 Å². The first kappa shape index (κ1) is 19.9. The van der Waals surface area contributed by atoms with Gasteiger partial charge in [-0.25, -0.2) is 0 Å². The topological polar surface area (TPSA) is 54.4 Å². The molecule has 1 aliphatic rings. The van der Waals surface area contributed by atoms with Gasteiger partial charge in [0.2, 0.25) is 0 Å². The lowest BCUT2D eigenvalue weighted by atomic mass is 9.94. The maximum Gasteiger partial charge on any atom is 0.303 e. The van der Waals surface area contributed by atoms with Gasteiger partial charge in [-0.2, -0.15) is 0 Å². The van der Waals surface area contributed by atoms with Gasteiger partial charge in [0.25, 0.3) is 0 Å². The van der Waals surface area contributed by atoms with Crippen LogP contribution in [0.3, 0.4) is 0 Å². The molecule has 0 aromatic rings. The van der Waals surface area contributed by atoms with Gasteiger partial charge in [-0.15, -0.1) is 0 Å². The third kappa shape index (κ3) is 9.58. The molecule has 132 valence electrons. The van der Waals surface area contributed by atoms with Gasteiger partial charge in [0, 0.05) is 19.3 Å². The van der Waals surface area contributed by atoms with Crippen molar-refractivity contribution < 1.29 is 14.7 Å². The standard InChI is InChI=1S/C20H34O3/c1-2-3-4-5-6-9-12-17-15-19(21)16-18(17)13-10-7-8-11-14-20(22)23/h13,17H,2-12,14-16H2,1H3,(H,22,23). The first-order valence-electron chi connectivity index (χ1n) is 9.56. The van der Waals surface area contributed by atoms with Crippen LogP contribution in [-0.2, 0) is 9.59 Å². The predicted octanol–water partition coefficient (Wildman–Crippen LogP) is 5.68. The van der Waals surface area contributed by atoms with Crippen LogP contribution in [-0.4, -0.2) is 16.9 Å². The Morgan fingerprint density at radius 3 is 2.52 bits per heavy atom. The molecule has 0 saturated heterocycles. The van der Waals surface area contributed by atoms with E-state index in [0.717, 1.165) is 32.1 Å². The van der Waals surface area contributed by atoms with E-state index >= 15 is 0 Å². The summed E-state index contributed by atoms with van der Waals surface area (Å²) in [4.78, 5) is 22.2. The van der Waals surface area contributed by atoms with Crippen molar-refractivity contribution in [3.63, 3.8) is 0 Å². The monoisotopic (exact) mass is 322 g/mol. The molecule has 1 rings (SSSR count). The van der Waals surface area contributed by atoms with E-state index in [9.17, 15) is 9.59 Å². The molecule has 1 unspecified atom stereocenters. The van der Waals surface area contributed by atoms with E-state index in [0.29, 0.717) is 18.1 Å². The Morgan fingerprint density at radius 2 is 1.78 bits per heavy atom. The molecule has 0 amide bonds. The van der Waals surface area contributed by atoms with E-state index in [-0.39, 0.29) is 6.42 Å². The highest BCUT2D eigenvalue weighted by atomic mass is 16.4. The van der Waals surface area contributed by atoms with Gasteiger partial charge in [-0.3, -0.25) is 9.59 Å². The Hall–Kier alpha value is -1.12. The number of hydrogen-bond donors (Lipinski definition) is 1. The lowest BCUT2D eigenvalue weighted by Gasteiger charge is -2.11. The molecule has 0 spiro atoms. The summed E-state index contributed by atoms with van der Waals surface area (Å²) >= 11 is 0. The molecule has 1 aliphatic carbocycles. The third-order valence-electron chi connectivity index (χ3n) is 4.81. The number of allylic oxidation sites excluding steroid dienone is 2. The van der Waals surface area contributed by atoms with Gasteiger partial charge >= 0.3 is 5.97 Å². The van der Waals surface area contributed by atoms with Crippen molar-refractivity contribution in [3.05, 3.63) is 11.6 Å². The number of aliphatic carboxylic acids is 1. The van der Waals surface area contributed by atoms with Crippen LogP contribution in [0.2, 0.25) is 0 Å². The van der Waals surface area contributed by atoms with E-state index < -0.39 is 5.97 Å². The van der Waals surface area contributed by atoms with Crippen LogP contribution in [0, 0.1) is 5.92 Å². The number of rotatable bonds is 13. The number of carboxylic acid groups (broad SMARTS) is 1. The summed E-state index contributed by atoms with van der Waals surface area (Å²) < 4.78 is 0. The van der Waals surface area contributed by atoms with Gasteiger partial charge in [-0.05, 0) is 31.6 Å². The summed E-state index contributed by atoms with van der Waals surface area (Å²) in [5.74, 6) is 0.189. The Balaban J connectivity index is 2.19. The molecular formula is C20H34O3. The van der Waals surface area contributed by atoms with Gasteiger partial charge < -0.3 is 5.11 Å². The van der Waals surface area contributed by atoms with E-state index in [1.54, 1.807) is 0 Å². The smallest absolute Gasteiger partial charge is 0.303 e. The molecule has 1 atom stereocenters. The highest BCUT2D eigenvalue weighted by Gasteiger charge is 2.26. The molecule has 1 N–H and O–H groups in total. The number of Topliss-reactive ketones (excluding diaryl/α,β-unsaturated/α-hetero) is 1. The fourth-order valence-electron chi connectivity index (χ4n) is 3.43. The van der Waals surface area contributed by atoms with Crippen molar-refractivity contribution in [3.8, 4) is 0 Å². The normalized spacial score (nSPS) is 19.6. The van der Waals surface area contributed by atoms with Crippen molar-refractivity contribution in [2.24, 2.45) is 5.92 Å². The number of unbranched alkanes of at least 4 members (excludes halogenated alkanes) is 8. The summed E-state index contributed by atoms with van der Waals surface area (Å²) in [6, 6.07) is 0. The van der Waals surface area contributed by atoms with E-state index in [4.69, 9.17) is 5.11 Å². The zero-order valence-corrected chi connectivity index (χ0v) is 14.8. The average molecular weight is 322 g/mol. The Bertz CT molecular complexity index is 384. The van der Waals surface area contributed by atoms with Crippen LogP contribution >= 0.6 is 0 Å². The minimum absolute atomic E-state index is 0.274. The second-order valence-corrected chi connectivity index (χ2v) is 6.95. The molecule has 0 heterocycles. The van der Waals surface area contributed by atoms with Crippen LogP contribution < -0.4 is 0 Å². The number of carboxylic acids is 1. The van der Waals surface area contributed by atoms with Gasteiger partial charge in [-0.1, -0.05) is 63.5 Å². The first-order chi connectivity index (χ1) is 11.1. The van der Waals surface area contributed by atoms with Crippen LogP contribution in [0.25, 0.3) is 0 Å². The predicted molar refractivity (Wildman–Crippen MR) is 94.5 cm³/mol. The van der Waals surface area contributed by atoms with Gasteiger partial charge in [0.1, 0.15) is 5.78 Å². The Morgan fingerprint density at radius 1 is 1.09 bits per heavy atom. The molecule has 0 aromatic heterocycles. The fraction of sp³-hybridized carbons (Fsp3) is 0.800. The second kappa shape index (κ2) is 12.3. The van der Waals surface area contributed by atoms with Crippen molar-refractivity contribution in [2.75, 3.05) is 0 Å². The molecular weight excluding hydrogens is 288 g/mol. The summed E-state index contributed by atoms with van der Waals surface area (Å²) in [7, 11) is 0. The molecule has 1 saturated carbocycles. The van der Waals surface area contributed by atoms with E-state index in [2.05, 4.69) is 13.0 Å². The van der Waals surface area contributed by atoms with Crippen molar-refractivity contribution >= 4 is 11.8 Å². The largest absolute Gasteiger partial charge is 0.481 e. The quantitative estimate of drug-likeness (QED) is 0.351. The van der Waals surface area contributed by atoms with Crippen LogP contribution in [0.15, 0.2) is 11.6 Å². The zero-order chi connectivity index (χ0) is 16.9. The van der Waals surface area contributed by atoms with Crippen LogP contribution in [0.4, 0.5) is 0 Å². The Kier molecular flexibility index (Phi) is 10.7. The minimum atomic E-state index is -0.705. The lowest BCUT2D eigenvalue weighted by Crippen LogP contribution is -1.98.